The summed E-state index contributed by atoms with van der Waals surface area (Å²) in [6.45, 7) is 0. The Morgan fingerprint density at radius 1 is 0.971 bits per heavy atom. The Hall–Kier alpha value is -4.09. The molecule has 0 bridgehead atoms. The van der Waals surface area contributed by atoms with Crippen molar-refractivity contribution in [2.45, 2.75) is 37.8 Å². The zero-order valence-corrected chi connectivity index (χ0v) is 18.3. The van der Waals surface area contributed by atoms with Gasteiger partial charge < -0.3 is 5.73 Å². The van der Waals surface area contributed by atoms with E-state index in [4.69, 9.17) is 5.73 Å². The van der Waals surface area contributed by atoms with E-state index in [1.54, 1.807) is 36.7 Å². The molecule has 0 radical (unpaired) electrons. The first kappa shape index (κ1) is 21.7. The Bertz CT molecular complexity index is 1540. The Kier molecular flexibility index (Phi) is 5.78. The van der Waals surface area contributed by atoms with Gasteiger partial charge in [0, 0.05) is 35.6 Å². The van der Waals surface area contributed by atoms with Crippen LogP contribution in [0.15, 0.2) is 70.6 Å². The quantitative estimate of drug-likeness (QED) is 0.469. The maximum absolute atomic E-state index is 14.1. The van der Waals surface area contributed by atoms with Crippen molar-refractivity contribution in [3.05, 3.63) is 98.8 Å². The van der Waals surface area contributed by atoms with Gasteiger partial charge in [-0.05, 0) is 62.1 Å². The zero-order valence-electron chi connectivity index (χ0n) is 18.3. The minimum absolute atomic E-state index is 0.0568. The summed E-state index contributed by atoms with van der Waals surface area (Å²) in [4.78, 5) is 35.1. The van der Waals surface area contributed by atoms with E-state index in [2.05, 4.69) is 21.8 Å². The van der Waals surface area contributed by atoms with Crippen molar-refractivity contribution < 1.29 is 4.39 Å². The lowest BCUT2D eigenvalue weighted by Gasteiger charge is -2.27. The van der Waals surface area contributed by atoms with Crippen molar-refractivity contribution in [2.24, 2.45) is 5.73 Å². The fraction of sp³-hybridized carbons (Fsp3) is 0.231. The number of benzene rings is 1. The molecule has 8 heteroatoms. The molecule has 0 unspecified atom stereocenters. The van der Waals surface area contributed by atoms with Crippen LogP contribution in [0.3, 0.4) is 0 Å². The predicted octanol–water partition coefficient (Wildman–Crippen LogP) is 2.92. The fourth-order valence-corrected chi connectivity index (χ4v) is 4.40. The van der Waals surface area contributed by atoms with E-state index in [1.807, 2.05) is 12.1 Å². The predicted molar refractivity (Wildman–Crippen MR) is 127 cm³/mol. The average Bonchev–Trinajstić information content (AvgIpc) is 2.85. The summed E-state index contributed by atoms with van der Waals surface area (Å²) in [6, 6.07) is 11.7. The van der Waals surface area contributed by atoms with Gasteiger partial charge in [-0.3, -0.25) is 14.3 Å². The van der Waals surface area contributed by atoms with Gasteiger partial charge in [-0.2, -0.15) is 0 Å². The molecule has 34 heavy (non-hydrogen) atoms. The van der Waals surface area contributed by atoms with Crippen LogP contribution in [0, 0.1) is 17.7 Å². The highest BCUT2D eigenvalue weighted by molar-refractivity contribution is 5.75. The van der Waals surface area contributed by atoms with Gasteiger partial charge >= 0.3 is 5.69 Å². The third-order valence-electron chi connectivity index (χ3n) is 6.12. The molecule has 1 aliphatic rings. The van der Waals surface area contributed by atoms with E-state index in [0.29, 0.717) is 24.1 Å². The molecular weight excluding hydrogens is 433 g/mol. The SMILES string of the molecule is NC1CCC(n2c(=O)c3cc(F)cnc3n(-c3cccc(C#Cc4cccnc4)c3)c2=O)CC1. The molecule has 1 saturated carbocycles. The molecular formula is C26H22FN5O2. The number of aromatic nitrogens is 4. The first-order valence-corrected chi connectivity index (χ1v) is 11.1. The van der Waals surface area contributed by atoms with Crippen LogP contribution in [0.1, 0.15) is 42.9 Å². The molecule has 3 aromatic heterocycles. The minimum atomic E-state index is -0.636. The first-order valence-electron chi connectivity index (χ1n) is 11.1. The summed E-state index contributed by atoms with van der Waals surface area (Å²) in [5.41, 5.74) is 7.02. The average molecular weight is 455 g/mol. The number of fused-ring (bicyclic) bond motifs is 1. The van der Waals surface area contributed by atoms with Crippen molar-refractivity contribution in [3.63, 3.8) is 0 Å². The number of nitrogens with two attached hydrogens (primary N) is 1. The summed E-state index contributed by atoms with van der Waals surface area (Å²) >= 11 is 0. The second-order valence-corrected chi connectivity index (χ2v) is 8.43. The van der Waals surface area contributed by atoms with Crippen molar-refractivity contribution >= 4 is 11.0 Å². The summed E-state index contributed by atoms with van der Waals surface area (Å²) in [5, 5.41) is 0.0568. The van der Waals surface area contributed by atoms with Crippen molar-refractivity contribution in [1.29, 1.82) is 0 Å². The molecule has 0 spiro atoms. The second kappa shape index (κ2) is 9.04. The summed E-state index contributed by atoms with van der Waals surface area (Å²) in [6.07, 6.45) is 7.01. The molecule has 7 nitrogen and oxygen atoms in total. The third-order valence-corrected chi connectivity index (χ3v) is 6.12. The summed E-state index contributed by atoms with van der Waals surface area (Å²) in [5.74, 6) is 5.48. The Labute approximate surface area is 194 Å². The molecule has 4 aromatic rings. The lowest BCUT2D eigenvalue weighted by atomic mass is 9.91. The molecule has 170 valence electrons. The minimum Gasteiger partial charge on any atom is -0.328 e. The van der Waals surface area contributed by atoms with Crippen LogP contribution >= 0.6 is 0 Å². The Morgan fingerprint density at radius 3 is 2.50 bits per heavy atom. The highest BCUT2D eigenvalue weighted by Gasteiger charge is 2.26. The maximum atomic E-state index is 14.1. The fourth-order valence-electron chi connectivity index (χ4n) is 4.40. The first-order chi connectivity index (χ1) is 16.5. The van der Waals surface area contributed by atoms with Crippen LogP contribution in [-0.4, -0.2) is 25.1 Å². The van der Waals surface area contributed by atoms with Crippen LogP contribution in [0.4, 0.5) is 4.39 Å². The van der Waals surface area contributed by atoms with E-state index >= 15 is 0 Å². The number of pyridine rings is 2. The zero-order chi connectivity index (χ0) is 23.7. The van der Waals surface area contributed by atoms with Gasteiger partial charge in [0.25, 0.3) is 5.56 Å². The monoisotopic (exact) mass is 455 g/mol. The van der Waals surface area contributed by atoms with Gasteiger partial charge in [0.15, 0.2) is 5.65 Å². The van der Waals surface area contributed by atoms with Gasteiger partial charge in [-0.15, -0.1) is 0 Å². The van der Waals surface area contributed by atoms with Crippen LogP contribution in [0.2, 0.25) is 0 Å². The largest absolute Gasteiger partial charge is 0.337 e. The lowest BCUT2D eigenvalue weighted by Crippen LogP contribution is -2.44. The maximum Gasteiger partial charge on any atom is 0.337 e. The van der Waals surface area contributed by atoms with Crippen LogP contribution in [0.25, 0.3) is 16.7 Å². The Balaban J connectivity index is 1.69. The summed E-state index contributed by atoms with van der Waals surface area (Å²) < 4.78 is 16.7. The molecule has 0 atom stereocenters. The van der Waals surface area contributed by atoms with Crippen molar-refractivity contribution in [1.82, 2.24) is 19.1 Å². The third kappa shape index (κ3) is 4.14. The highest BCUT2D eigenvalue weighted by atomic mass is 19.1. The van der Waals surface area contributed by atoms with Crippen LogP contribution in [0.5, 0.6) is 0 Å². The second-order valence-electron chi connectivity index (χ2n) is 8.43. The van der Waals surface area contributed by atoms with Gasteiger partial charge in [0.05, 0.1) is 17.3 Å². The normalized spacial score (nSPS) is 17.8. The van der Waals surface area contributed by atoms with Crippen LogP contribution in [-0.2, 0) is 0 Å². The number of rotatable bonds is 2. The Morgan fingerprint density at radius 2 is 1.74 bits per heavy atom. The van der Waals surface area contributed by atoms with Gasteiger partial charge in [-0.1, -0.05) is 17.9 Å². The molecule has 5 rings (SSSR count). The highest BCUT2D eigenvalue weighted by Crippen LogP contribution is 2.26. The number of halogens is 1. The van der Waals surface area contributed by atoms with Gasteiger partial charge in [0.1, 0.15) is 5.82 Å². The van der Waals surface area contributed by atoms with Crippen LogP contribution < -0.4 is 17.0 Å². The summed E-state index contributed by atoms with van der Waals surface area (Å²) in [7, 11) is 0. The molecule has 1 fully saturated rings. The molecule has 1 aromatic carbocycles. The lowest BCUT2D eigenvalue weighted by molar-refractivity contribution is 0.309. The molecule has 3 heterocycles. The van der Waals surface area contributed by atoms with Crippen molar-refractivity contribution in [2.75, 3.05) is 0 Å². The van der Waals surface area contributed by atoms with Gasteiger partial charge in [0.2, 0.25) is 0 Å². The van der Waals surface area contributed by atoms with Gasteiger partial charge in [-0.25, -0.2) is 18.7 Å². The molecule has 0 amide bonds. The smallest absolute Gasteiger partial charge is 0.328 e. The topological polar surface area (TPSA) is 95.8 Å². The van der Waals surface area contributed by atoms with E-state index in [9.17, 15) is 14.0 Å². The molecule has 0 saturated heterocycles. The van der Waals surface area contributed by atoms with Crippen molar-refractivity contribution in [3.8, 4) is 17.5 Å². The van der Waals surface area contributed by atoms with E-state index in [0.717, 1.165) is 30.7 Å². The standard InChI is InChI=1S/C26H22FN5O2/c27-19-14-23-24(30-16-19)31(26(34)32(25(23)33)21-10-8-20(28)9-11-21)22-5-1-3-17(13-22)6-7-18-4-2-12-29-15-18/h1-5,12-16,20-21H,8-11,28H2. The number of nitrogens with zero attached hydrogens (tertiary/aromatic N) is 4. The number of hydrogen-bond acceptors (Lipinski definition) is 5. The molecule has 2 N–H and O–H groups in total. The molecule has 0 aliphatic heterocycles. The van der Waals surface area contributed by atoms with E-state index in [1.165, 1.54) is 9.13 Å². The van der Waals surface area contributed by atoms with E-state index < -0.39 is 17.1 Å². The van der Waals surface area contributed by atoms with E-state index in [-0.39, 0.29) is 23.1 Å². The molecule has 1 aliphatic carbocycles. The number of hydrogen-bond donors (Lipinski definition) is 1.